The van der Waals surface area contributed by atoms with Crippen LogP contribution < -0.4 is 4.90 Å². The molecule has 1 fully saturated rings. The zero-order chi connectivity index (χ0) is 23.6. The minimum Gasteiger partial charge on any atom is -0.462 e. The number of nitrogens with zero attached hydrogens (tertiary/aromatic N) is 2. The molecule has 0 aliphatic carbocycles. The Labute approximate surface area is 188 Å². The van der Waals surface area contributed by atoms with E-state index in [1.54, 1.807) is 40.7 Å². The Kier molecular flexibility index (Phi) is 7.89. The Morgan fingerprint density at radius 3 is 2.45 bits per heavy atom. The smallest absolute Gasteiger partial charge is 0.410 e. The fourth-order valence-electron chi connectivity index (χ4n) is 3.48. The van der Waals surface area contributed by atoms with Gasteiger partial charge in [0.25, 0.3) is 0 Å². The van der Waals surface area contributed by atoms with E-state index in [1.807, 2.05) is 0 Å². The van der Waals surface area contributed by atoms with E-state index in [1.165, 1.54) is 15.9 Å². The van der Waals surface area contributed by atoms with E-state index < -0.39 is 36.4 Å². The summed E-state index contributed by atoms with van der Waals surface area (Å²) in [5, 5.41) is 0. The van der Waals surface area contributed by atoms with Crippen molar-refractivity contribution in [3.63, 3.8) is 0 Å². The molecule has 1 aromatic carbocycles. The van der Waals surface area contributed by atoms with Crippen LogP contribution in [0.15, 0.2) is 16.6 Å². The summed E-state index contributed by atoms with van der Waals surface area (Å²) in [6.45, 7) is 7.77. The molecule has 0 radical (unpaired) electrons. The van der Waals surface area contributed by atoms with Crippen LogP contribution in [-0.4, -0.2) is 61.0 Å². The van der Waals surface area contributed by atoms with Crippen LogP contribution in [0.1, 0.15) is 50.0 Å². The maximum absolute atomic E-state index is 13.5. The summed E-state index contributed by atoms with van der Waals surface area (Å²) in [6.07, 6.45) is -4.69. The highest BCUT2D eigenvalue weighted by Crippen LogP contribution is 2.34. The number of ether oxygens (including phenoxy) is 2. The first kappa shape index (κ1) is 25.3. The number of benzene rings is 1. The molecule has 6 nitrogen and oxygen atoms in total. The number of hydrogen-bond acceptors (Lipinski definition) is 5. The van der Waals surface area contributed by atoms with Crippen molar-refractivity contribution in [3.05, 3.63) is 27.7 Å². The third-order valence-electron chi connectivity index (χ3n) is 4.76. The number of anilines is 1. The van der Waals surface area contributed by atoms with Gasteiger partial charge in [-0.1, -0.05) is 15.9 Å². The highest BCUT2D eigenvalue weighted by molar-refractivity contribution is 9.10. The molecular formula is C21H28BrF3N2O4. The molecule has 10 heteroatoms. The van der Waals surface area contributed by atoms with E-state index in [2.05, 4.69) is 15.9 Å². The van der Waals surface area contributed by atoms with E-state index in [4.69, 9.17) is 9.47 Å². The van der Waals surface area contributed by atoms with Gasteiger partial charge in [-0.15, -0.1) is 0 Å². The predicted octanol–water partition coefficient (Wildman–Crippen LogP) is 5.31. The van der Waals surface area contributed by atoms with Crippen molar-refractivity contribution < 1.29 is 32.2 Å². The molecule has 1 heterocycles. The normalized spacial score (nSPS) is 16.9. The Morgan fingerprint density at radius 1 is 1.26 bits per heavy atom. The van der Waals surface area contributed by atoms with Crippen molar-refractivity contribution in [2.45, 2.75) is 58.9 Å². The third kappa shape index (κ3) is 7.02. The maximum atomic E-state index is 13.5. The molecule has 1 aromatic rings. The van der Waals surface area contributed by atoms with E-state index in [0.29, 0.717) is 16.5 Å². The zero-order valence-corrected chi connectivity index (χ0v) is 19.9. The SMILES string of the molecule is CCOC(=O)c1cc(Br)cc(N(CC(F)(F)F)C2CCN(C(=O)OC(C)(C)C)C2)c1C. The van der Waals surface area contributed by atoms with Crippen LogP contribution in [-0.2, 0) is 9.47 Å². The number of halogens is 4. The Morgan fingerprint density at radius 2 is 1.90 bits per heavy atom. The van der Waals surface area contributed by atoms with Gasteiger partial charge in [0.1, 0.15) is 12.1 Å². The van der Waals surface area contributed by atoms with E-state index in [0.717, 1.165) is 0 Å². The number of likely N-dealkylation sites (tertiary alicyclic amines) is 1. The van der Waals surface area contributed by atoms with Gasteiger partial charge in [-0.25, -0.2) is 9.59 Å². The van der Waals surface area contributed by atoms with Gasteiger partial charge in [0.15, 0.2) is 0 Å². The van der Waals surface area contributed by atoms with Gasteiger partial charge in [-0.3, -0.25) is 0 Å². The molecule has 0 saturated carbocycles. The summed E-state index contributed by atoms with van der Waals surface area (Å²) in [6, 6.07) is 2.50. The second kappa shape index (κ2) is 9.67. The van der Waals surface area contributed by atoms with Crippen molar-refractivity contribution in [2.75, 3.05) is 31.1 Å². The molecule has 0 N–H and O–H groups in total. The molecule has 0 aromatic heterocycles. The third-order valence-corrected chi connectivity index (χ3v) is 5.21. The number of carbonyl (C=O) groups excluding carboxylic acids is 2. The minimum absolute atomic E-state index is 0.0890. The summed E-state index contributed by atoms with van der Waals surface area (Å²) in [7, 11) is 0. The number of rotatable bonds is 5. The van der Waals surface area contributed by atoms with Crippen LogP contribution >= 0.6 is 15.9 Å². The molecule has 1 atom stereocenters. The van der Waals surface area contributed by atoms with Gasteiger partial charge in [-0.05, 0) is 58.7 Å². The maximum Gasteiger partial charge on any atom is 0.410 e. The van der Waals surface area contributed by atoms with Crippen LogP contribution in [0.5, 0.6) is 0 Å². The van der Waals surface area contributed by atoms with Crippen molar-refractivity contribution in [2.24, 2.45) is 0 Å². The topological polar surface area (TPSA) is 59.1 Å². The molecule has 2 rings (SSSR count). The average molecular weight is 509 g/mol. The molecule has 1 unspecified atom stereocenters. The molecule has 1 saturated heterocycles. The number of alkyl halides is 3. The van der Waals surface area contributed by atoms with Crippen molar-refractivity contribution in [1.29, 1.82) is 0 Å². The minimum atomic E-state index is -4.47. The van der Waals surface area contributed by atoms with E-state index in [-0.39, 0.29) is 30.9 Å². The number of carbonyl (C=O) groups is 2. The second-order valence-electron chi connectivity index (χ2n) is 8.43. The van der Waals surface area contributed by atoms with Gasteiger partial charge in [0, 0.05) is 29.3 Å². The largest absolute Gasteiger partial charge is 0.462 e. The van der Waals surface area contributed by atoms with E-state index in [9.17, 15) is 22.8 Å². The van der Waals surface area contributed by atoms with Gasteiger partial charge in [0.05, 0.1) is 12.2 Å². The Hall–Kier alpha value is -1.97. The first-order chi connectivity index (χ1) is 14.2. The fourth-order valence-corrected chi connectivity index (χ4v) is 3.92. The lowest BCUT2D eigenvalue weighted by molar-refractivity contribution is -0.120. The summed E-state index contributed by atoms with van der Waals surface area (Å²) < 4.78 is 51.3. The summed E-state index contributed by atoms with van der Waals surface area (Å²) in [5.41, 5.74) is 0.156. The zero-order valence-electron chi connectivity index (χ0n) is 18.3. The fraction of sp³-hybridized carbons (Fsp3) is 0.619. The molecule has 0 bridgehead atoms. The highest BCUT2D eigenvalue weighted by atomic mass is 79.9. The molecule has 1 aliphatic rings. The van der Waals surface area contributed by atoms with Crippen molar-refractivity contribution >= 4 is 33.7 Å². The number of esters is 1. The van der Waals surface area contributed by atoms with Gasteiger partial charge < -0.3 is 19.3 Å². The van der Waals surface area contributed by atoms with Crippen molar-refractivity contribution in [1.82, 2.24) is 4.90 Å². The van der Waals surface area contributed by atoms with Crippen LogP contribution in [0.4, 0.5) is 23.7 Å². The molecular weight excluding hydrogens is 481 g/mol. The summed E-state index contributed by atoms with van der Waals surface area (Å²) in [5.74, 6) is -0.601. The summed E-state index contributed by atoms with van der Waals surface area (Å²) >= 11 is 3.29. The average Bonchev–Trinajstić information content (AvgIpc) is 3.09. The quantitative estimate of drug-likeness (QED) is 0.504. The lowest BCUT2D eigenvalue weighted by atomic mass is 10.0. The Balaban J connectivity index is 2.38. The molecule has 0 spiro atoms. The molecule has 31 heavy (non-hydrogen) atoms. The van der Waals surface area contributed by atoms with Crippen LogP contribution in [0.25, 0.3) is 0 Å². The number of amides is 1. The molecule has 174 valence electrons. The van der Waals surface area contributed by atoms with E-state index >= 15 is 0 Å². The molecule has 1 amide bonds. The standard InChI is InChI=1S/C21H28BrF3N2O4/c1-6-30-18(28)16-9-14(22)10-17(13(16)2)27(12-21(23,24)25)15-7-8-26(11-15)19(29)31-20(3,4)5/h9-10,15H,6-8,11-12H2,1-5H3. The Bertz CT molecular complexity index is 824. The highest BCUT2D eigenvalue weighted by Gasteiger charge is 2.39. The molecule has 1 aliphatic heterocycles. The summed E-state index contributed by atoms with van der Waals surface area (Å²) in [4.78, 5) is 27.3. The van der Waals surface area contributed by atoms with Gasteiger partial charge >= 0.3 is 18.2 Å². The first-order valence-electron chi connectivity index (χ1n) is 10.0. The lowest BCUT2D eigenvalue weighted by Crippen LogP contribution is -2.45. The monoisotopic (exact) mass is 508 g/mol. The predicted molar refractivity (Wildman–Crippen MR) is 114 cm³/mol. The van der Waals surface area contributed by atoms with Crippen LogP contribution in [0.3, 0.4) is 0 Å². The van der Waals surface area contributed by atoms with Gasteiger partial charge in [-0.2, -0.15) is 13.2 Å². The number of hydrogen-bond donors (Lipinski definition) is 0. The lowest BCUT2D eigenvalue weighted by Gasteiger charge is -2.34. The van der Waals surface area contributed by atoms with Crippen molar-refractivity contribution in [3.8, 4) is 0 Å². The van der Waals surface area contributed by atoms with Gasteiger partial charge in [0.2, 0.25) is 0 Å². The first-order valence-corrected chi connectivity index (χ1v) is 10.8. The second-order valence-corrected chi connectivity index (χ2v) is 9.35. The van der Waals surface area contributed by atoms with Crippen LogP contribution in [0.2, 0.25) is 0 Å². The van der Waals surface area contributed by atoms with Crippen LogP contribution in [0, 0.1) is 6.92 Å².